The minimum atomic E-state index is -0.997. The van der Waals surface area contributed by atoms with Crippen LogP contribution in [0.3, 0.4) is 0 Å². The van der Waals surface area contributed by atoms with Crippen molar-refractivity contribution in [3.8, 4) is 0 Å². The highest BCUT2D eigenvalue weighted by Crippen LogP contribution is 2.21. The van der Waals surface area contributed by atoms with Gasteiger partial charge in [-0.05, 0) is 32.6 Å². The first-order chi connectivity index (χ1) is 8.45. The second kappa shape index (κ2) is 6.58. The molecule has 1 heterocycles. The molecule has 1 atom stereocenters. The third-order valence-corrected chi connectivity index (χ3v) is 3.27. The highest BCUT2D eigenvalue weighted by atomic mass is 16.4. The molecule has 0 aromatic heterocycles. The molecule has 0 radical (unpaired) electrons. The Labute approximate surface area is 107 Å². The van der Waals surface area contributed by atoms with Gasteiger partial charge in [0.25, 0.3) is 0 Å². The van der Waals surface area contributed by atoms with Gasteiger partial charge >= 0.3 is 12.0 Å². The average molecular weight is 258 g/mol. The first-order valence-electron chi connectivity index (χ1n) is 6.34. The number of carbonyl (C=O) groups excluding carboxylic acids is 1. The van der Waals surface area contributed by atoms with Crippen molar-refractivity contribution in [2.45, 2.75) is 32.7 Å². The highest BCUT2D eigenvalue weighted by molar-refractivity contribution is 5.80. The number of carboxylic acid groups (broad SMARTS) is 1. The van der Waals surface area contributed by atoms with Gasteiger partial charge in [0.05, 0.1) is 0 Å². The summed E-state index contributed by atoms with van der Waals surface area (Å²) in [6.07, 6.45) is 1.58. The van der Waals surface area contributed by atoms with Crippen molar-refractivity contribution in [2.75, 3.05) is 26.2 Å². The van der Waals surface area contributed by atoms with Crippen LogP contribution in [0.25, 0.3) is 0 Å². The van der Waals surface area contributed by atoms with E-state index in [0.29, 0.717) is 25.4 Å². The van der Waals surface area contributed by atoms with Crippen LogP contribution in [0.5, 0.6) is 0 Å². The molecule has 6 nitrogen and oxygen atoms in total. The molecule has 1 unspecified atom stereocenters. The molecule has 1 rings (SSSR count). The topological polar surface area (TPSA) is 81.1 Å². The number of hydrogen-bond acceptors (Lipinski definition) is 3. The van der Waals surface area contributed by atoms with Crippen LogP contribution in [0, 0.1) is 5.92 Å². The third-order valence-electron chi connectivity index (χ3n) is 3.27. The maximum absolute atomic E-state index is 12.2. The van der Waals surface area contributed by atoms with Crippen LogP contribution in [-0.2, 0) is 4.79 Å². The van der Waals surface area contributed by atoms with Gasteiger partial charge in [-0.2, -0.15) is 0 Å². The van der Waals surface area contributed by atoms with Crippen LogP contribution in [0.15, 0.2) is 0 Å². The number of rotatable bonds is 5. The smallest absolute Gasteiger partial charge is 0.323 e. The summed E-state index contributed by atoms with van der Waals surface area (Å²) < 4.78 is 0. The van der Waals surface area contributed by atoms with Gasteiger partial charge in [-0.1, -0.05) is 0 Å². The van der Waals surface area contributed by atoms with E-state index in [2.05, 4.69) is 0 Å². The first kappa shape index (κ1) is 14.8. The summed E-state index contributed by atoms with van der Waals surface area (Å²) in [5, 5.41) is 17.7. The predicted octanol–water partition coefficient (Wildman–Crippen LogP) is 0.606. The molecule has 2 amide bonds. The molecule has 0 aliphatic carbocycles. The number of urea groups is 1. The Bertz CT molecular complexity index is 306. The van der Waals surface area contributed by atoms with Crippen LogP contribution < -0.4 is 0 Å². The number of amides is 2. The van der Waals surface area contributed by atoms with Crippen molar-refractivity contribution in [2.24, 2.45) is 5.92 Å². The summed E-state index contributed by atoms with van der Waals surface area (Å²) in [6.45, 7) is 4.74. The summed E-state index contributed by atoms with van der Waals surface area (Å²) in [7, 11) is 0. The number of aliphatic carboxylic acids is 1. The molecule has 1 saturated heterocycles. The second-order valence-corrected chi connectivity index (χ2v) is 5.01. The van der Waals surface area contributed by atoms with Crippen molar-refractivity contribution in [1.29, 1.82) is 0 Å². The number of nitrogens with zero attached hydrogens (tertiary/aromatic N) is 2. The quantitative estimate of drug-likeness (QED) is 0.757. The lowest BCUT2D eigenvalue weighted by molar-refractivity contribution is -0.138. The van der Waals surface area contributed by atoms with Crippen molar-refractivity contribution < 1.29 is 19.8 Å². The van der Waals surface area contributed by atoms with Gasteiger partial charge in [-0.3, -0.25) is 4.79 Å². The van der Waals surface area contributed by atoms with Crippen molar-refractivity contribution in [3.63, 3.8) is 0 Å². The lowest BCUT2D eigenvalue weighted by Gasteiger charge is -2.30. The van der Waals surface area contributed by atoms with Crippen LogP contribution in [0.1, 0.15) is 26.7 Å². The van der Waals surface area contributed by atoms with Gasteiger partial charge in [-0.15, -0.1) is 0 Å². The molecule has 1 fully saturated rings. The zero-order valence-corrected chi connectivity index (χ0v) is 11.0. The van der Waals surface area contributed by atoms with Crippen molar-refractivity contribution in [1.82, 2.24) is 9.80 Å². The molecule has 1 aliphatic rings. The third kappa shape index (κ3) is 3.87. The molecule has 2 N–H and O–H groups in total. The lowest BCUT2D eigenvalue weighted by atomic mass is 10.1. The van der Waals surface area contributed by atoms with Gasteiger partial charge in [0.2, 0.25) is 0 Å². The minimum absolute atomic E-state index is 0.134. The Morgan fingerprint density at radius 2 is 2.11 bits per heavy atom. The van der Waals surface area contributed by atoms with E-state index in [4.69, 9.17) is 10.2 Å². The summed E-state index contributed by atoms with van der Waals surface area (Å²) >= 11 is 0. The molecule has 0 spiro atoms. The number of hydrogen-bond donors (Lipinski definition) is 2. The Hall–Kier alpha value is -1.30. The summed E-state index contributed by atoms with van der Waals surface area (Å²) in [6, 6.07) is -0.349. The summed E-state index contributed by atoms with van der Waals surface area (Å²) in [4.78, 5) is 26.0. The van der Waals surface area contributed by atoms with E-state index in [0.717, 1.165) is 6.42 Å². The van der Waals surface area contributed by atoms with E-state index in [1.54, 1.807) is 4.90 Å². The largest absolute Gasteiger partial charge is 0.480 e. The Balaban J connectivity index is 2.59. The van der Waals surface area contributed by atoms with Crippen LogP contribution >= 0.6 is 0 Å². The number of carbonyl (C=O) groups is 2. The molecular formula is C12H22N2O4. The molecule has 104 valence electrons. The zero-order chi connectivity index (χ0) is 13.7. The molecule has 6 heteroatoms. The van der Waals surface area contributed by atoms with E-state index < -0.39 is 5.97 Å². The zero-order valence-electron chi connectivity index (χ0n) is 11.0. The van der Waals surface area contributed by atoms with Gasteiger partial charge in [0, 0.05) is 25.7 Å². The van der Waals surface area contributed by atoms with Crippen LogP contribution in [0.2, 0.25) is 0 Å². The number of likely N-dealkylation sites (tertiary alicyclic amines) is 1. The molecule has 18 heavy (non-hydrogen) atoms. The Morgan fingerprint density at radius 3 is 2.61 bits per heavy atom. The van der Waals surface area contributed by atoms with Gasteiger partial charge in [0.1, 0.15) is 6.54 Å². The molecule has 1 aliphatic heterocycles. The maximum Gasteiger partial charge on any atom is 0.323 e. The fourth-order valence-corrected chi connectivity index (χ4v) is 2.22. The van der Waals surface area contributed by atoms with Gasteiger partial charge in [-0.25, -0.2) is 4.79 Å². The molecule has 0 saturated carbocycles. The monoisotopic (exact) mass is 258 g/mol. The molecule has 0 aromatic carbocycles. The first-order valence-corrected chi connectivity index (χ1v) is 6.34. The Morgan fingerprint density at radius 1 is 1.44 bits per heavy atom. The minimum Gasteiger partial charge on any atom is -0.480 e. The normalized spacial score (nSPS) is 19.3. The van der Waals surface area contributed by atoms with Crippen LogP contribution in [-0.4, -0.2) is 64.3 Å². The van der Waals surface area contributed by atoms with E-state index >= 15 is 0 Å². The molecular weight excluding hydrogens is 236 g/mol. The summed E-state index contributed by atoms with van der Waals surface area (Å²) in [5.74, 6) is -0.666. The SMILES string of the molecule is CC(C)N(CC(=O)O)C(=O)N1CCC(CCO)C1. The lowest BCUT2D eigenvalue weighted by Crippen LogP contribution is -2.47. The van der Waals surface area contributed by atoms with Gasteiger partial charge in [0.15, 0.2) is 0 Å². The molecule has 0 bridgehead atoms. The van der Waals surface area contributed by atoms with E-state index in [-0.39, 0.29) is 25.2 Å². The highest BCUT2D eigenvalue weighted by Gasteiger charge is 2.30. The molecule has 0 aromatic rings. The van der Waals surface area contributed by atoms with Crippen molar-refractivity contribution >= 4 is 12.0 Å². The van der Waals surface area contributed by atoms with Crippen molar-refractivity contribution in [3.05, 3.63) is 0 Å². The number of aliphatic hydroxyl groups excluding tert-OH is 1. The second-order valence-electron chi connectivity index (χ2n) is 5.01. The fourth-order valence-electron chi connectivity index (χ4n) is 2.22. The van der Waals surface area contributed by atoms with E-state index in [9.17, 15) is 9.59 Å². The van der Waals surface area contributed by atoms with Gasteiger partial charge < -0.3 is 20.0 Å². The summed E-state index contributed by atoms with van der Waals surface area (Å²) in [5.41, 5.74) is 0. The van der Waals surface area contributed by atoms with E-state index in [1.807, 2.05) is 13.8 Å². The van der Waals surface area contributed by atoms with E-state index in [1.165, 1.54) is 4.90 Å². The number of aliphatic hydroxyl groups is 1. The van der Waals surface area contributed by atoms with Crippen LogP contribution in [0.4, 0.5) is 4.79 Å². The maximum atomic E-state index is 12.2. The average Bonchev–Trinajstić information content (AvgIpc) is 2.73. The predicted molar refractivity (Wildman–Crippen MR) is 66.3 cm³/mol. The number of carboxylic acids is 1. The fraction of sp³-hybridized carbons (Fsp3) is 0.833. The Kier molecular flexibility index (Phi) is 5.40. The standard InChI is InChI=1S/C12H22N2O4/c1-9(2)14(8-11(16)17)12(18)13-5-3-10(7-13)4-6-15/h9-10,15H,3-8H2,1-2H3,(H,16,17).